The van der Waals surface area contributed by atoms with E-state index in [-0.39, 0.29) is 12.5 Å². The third kappa shape index (κ3) is 5.64. The van der Waals surface area contributed by atoms with Gasteiger partial charge in [-0.2, -0.15) is 0 Å². The van der Waals surface area contributed by atoms with Crippen LogP contribution in [0.5, 0.6) is 0 Å². The lowest BCUT2D eigenvalue weighted by Crippen LogP contribution is -2.49. The fraction of sp³-hybridized carbons (Fsp3) is 0.452. The Kier molecular flexibility index (Phi) is 8.00. The minimum Gasteiger partial charge on any atom is -0.395 e. The number of nitrogens with zero attached hydrogens (tertiary/aromatic N) is 2. The quantitative estimate of drug-likeness (QED) is 0.496. The summed E-state index contributed by atoms with van der Waals surface area (Å²) in [6.07, 6.45) is 4.78. The van der Waals surface area contributed by atoms with E-state index in [1.54, 1.807) is 0 Å². The lowest BCUT2D eigenvalue weighted by atomic mass is 9.80. The summed E-state index contributed by atoms with van der Waals surface area (Å²) < 4.78 is 0. The molecule has 5 rings (SSSR count). The topological polar surface area (TPSA) is 55.8 Å². The summed E-state index contributed by atoms with van der Waals surface area (Å²) >= 11 is 0. The fourth-order valence-corrected chi connectivity index (χ4v) is 6.11. The molecule has 1 saturated heterocycles. The van der Waals surface area contributed by atoms with E-state index in [1.807, 2.05) is 17.0 Å². The summed E-state index contributed by atoms with van der Waals surface area (Å²) in [7, 11) is 0. The van der Waals surface area contributed by atoms with Crippen LogP contribution < -0.4 is 5.32 Å². The molecule has 1 aliphatic carbocycles. The number of aliphatic hydroxyl groups is 1. The lowest BCUT2D eigenvalue weighted by Gasteiger charge is -2.34. The first-order valence-corrected chi connectivity index (χ1v) is 13.6. The molecule has 3 atom stereocenters. The van der Waals surface area contributed by atoms with Gasteiger partial charge in [0, 0.05) is 50.4 Å². The van der Waals surface area contributed by atoms with Gasteiger partial charge in [0.25, 0.3) is 5.91 Å². The van der Waals surface area contributed by atoms with Crippen LogP contribution in [0.1, 0.15) is 66.1 Å². The lowest BCUT2D eigenvalue weighted by molar-refractivity contribution is 0.0615. The van der Waals surface area contributed by atoms with E-state index in [1.165, 1.54) is 41.2 Å². The summed E-state index contributed by atoms with van der Waals surface area (Å²) in [5.74, 6) is 0.652. The van der Waals surface area contributed by atoms with Gasteiger partial charge >= 0.3 is 0 Å². The van der Waals surface area contributed by atoms with Gasteiger partial charge in [0.1, 0.15) is 0 Å². The molecule has 0 bridgehead atoms. The summed E-state index contributed by atoms with van der Waals surface area (Å²) in [6.45, 7) is 6.27. The molecule has 1 heterocycles. The molecule has 1 amide bonds. The Morgan fingerprint density at radius 2 is 1.72 bits per heavy atom. The number of benzene rings is 3. The highest BCUT2D eigenvalue weighted by molar-refractivity contribution is 5.94. The molecular formula is C31H39N3O2. The van der Waals surface area contributed by atoms with E-state index in [0.29, 0.717) is 24.5 Å². The molecule has 3 aromatic rings. The average Bonchev–Trinajstić information content (AvgIpc) is 2.93. The van der Waals surface area contributed by atoms with Crippen molar-refractivity contribution < 1.29 is 9.90 Å². The van der Waals surface area contributed by atoms with Crippen LogP contribution in [0.15, 0.2) is 66.7 Å². The van der Waals surface area contributed by atoms with Gasteiger partial charge in [0.15, 0.2) is 0 Å². The molecule has 0 aromatic heterocycles. The minimum absolute atomic E-state index is 0.122. The van der Waals surface area contributed by atoms with Crippen molar-refractivity contribution in [2.75, 3.05) is 39.3 Å². The molecular weight excluding hydrogens is 446 g/mol. The molecule has 5 nitrogen and oxygen atoms in total. The van der Waals surface area contributed by atoms with E-state index >= 15 is 0 Å². The minimum atomic E-state index is 0.122. The molecule has 2 aliphatic rings. The molecule has 1 saturated carbocycles. The average molecular weight is 486 g/mol. The van der Waals surface area contributed by atoms with E-state index in [9.17, 15) is 4.79 Å². The first-order valence-electron chi connectivity index (χ1n) is 13.6. The Bertz CT molecular complexity index is 1150. The van der Waals surface area contributed by atoms with Gasteiger partial charge < -0.3 is 15.3 Å². The maximum atomic E-state index is 13.0. The zero-order chi connectivity index (χ0) is 24.9. The van der Waals surface area contributed by atoms with Gasteiger partial charge in [-0.25, -0.2) is 0 Å². The van der Waals surface area contributed by atoms with Gasteiger partial charge in [-0.1, -0.05) is 61.0 Å². The Balaban J connectivity index is 1.19. The van der Waals surface area contributed by atoms with Crippen molar-refractivity contribution in [1.82, 2.24) is 15.1 Å². The molecule has 1 aliphatic heterocycles. The van der Waals surface area contributed by atoms with Crippen molar-refractivity contribution >= 4 is 16.7 Å². The first kappa shape index (κ1) is 24.9. The van der Waals surface area contributed by atoms with Crippen LogP contribution in [-0.2, 0) is 0 Å². The number of nitrogens with one attached hydrogen (secondary N) is 1. The number of hydrogen-bond acceptors (Lipinski definition) is 4. The molecule has 3 unspecified atom stereocenters. The monoisotopic (exact) mass is 485 g/mol. The Labute approximate surface area is 215 Å². The zero-order valence-corrected chi connectivity index (χ0v) is 21.4. The number of β-amino-alcohol motifs (C(OH)–C–C–N with tert-alkyl or cyclic N) is 1. The van der Waals surface area contributed by atoms with Crippen molar-refractivity contribution in [1.29, 1.82) is 0 Å². The Hall–Kier alpha value is -2.73. The van der Waals surface area contributed by atoms with Crippen LogP contribution in [0.4, 0.5) is 0 Å². The predicted octanol–water partition coefficient (Wildman–Crippen LogP) is 4.97. The predicted molar refractivity (Wildman–Crippen MR) is 146 cm³/mol. The smallest absolute Gasteiger partial charge is 0.253 e. The highest BCUT2D eigenvalue weighted by Crippen LogP contribution is 2.34. The van der Waals surface area contributed by atoms with Gasteiger partial charge in [-0.3, -0.25) is 9.69 Å². The highest BCUT2D eigenvalue weighted by atomic mass is 16.3. The molecule has 3 aromatic carbocycles. The third-order valence-electron chi connectivity index (χ3n) is 8.15. The zero-order valence-electron chi connectivity index (χ0n) is 21.4. The number of carbonyl (C=O) groups is 1. The number of hydrogen-bond donors (Lipinski definition) is 2. The molecule has 2 fully saturated rings. The third-order valence-corrected chi connectivity index (χ3v) is 8.15. The number of amides is 1. The fourth-order valence-electron chi connectivity index (χ4n) is 6.11. The van der Waals surface area contributed by atoms with E-state index < -0.39 is 0 Å². The van der Waals surface area contributed by atoms with Crippen LogP contribution in [-0.4, -0.2) is 66.2 Å². The maximum Gasteiger partial charge on any atom is 0.253 e. The normalized spacial score (nSPS) is 22.0. The summed E-state index contributed by atoms with van der Waals surface area (Å²) in [5.41, 5.74) is 3.50. The number of piperazine rings is 1. The van der Waals surface area contributed by atoms with Crippen LogP contribution in [0, 0.1) is 0 Å². The first-order chi connectivity index (χ1) is 17.6. The van der Waals surface area contributed by atoms with Crippen molar-refractivity contribution in [3.8, 4) is 0 Å². The van der Waals surface area contributed by atoms with Crippen molar-refractivity contribution in [3.05, 3.63) is 83.4 Å². The molecule has 36 heavy (non-hydrogen) atoms. The van der Waals surface area contributed by atoms with E-state index in [4.69, 9.17) is 5.11 Å². The maximum absolute atomic E-state index is 13.0. The number of rotatable bonds is 7. The molecule has 0 spiro atoms. The second kappa shape index (κ2) is 11.5. The second-order valence-electron chi connectivity index (χ2n) is 10.5. The van der Waals surface area contributed by atoms with Crippen molar-refractivity contribution in [3.63, 3.8) is 0 Å². The van der Waals surface area contributed by atoms with Gasteiger partial charge in [-0.05, 0) is 66.1 Å². The van der Waals surface area contributed by atoms with E-state index in [0.717, 1.165) is 38.2 Å². The standard InChI is InChI=1S/C31H39N3O2/c1-23(29-11-5-7-25-6-2-3-10-30(25)29)32-28-9-4-8-27(22-28)24-12-14-26(15-13-24)31(36)34-18-16-33(17-19-34)20-21-35/h2-3,5-7,10-15,23,27-28,32,35H,4,8-9,16-22H2,1H3. The molecule has 2 N–H and O–H groups in total. The number of fused-ring (bicyclic) bond motifs is 1. The molecule has 5 heteroatoms. The van der Waals surface area contributed by atoms with Crippen LogP contribution in [0.25, 0.3) is 10.8 Å². The van der Waals surface area contributed by atoms with Gasteiger partial charge in [0.2, 0.25) is 0 Å². The summed E-state index contributed by atoms with van der Waals surface area (Å²) in [5, 5.41) is 15.7. The Morgan fingerprint density at radius 3 is 2.50 bits per heavy atom. The van der Waals surface area contributed by atoms with Gasteiger partial charge in [0.05, 0.1) is 6.61 Å². The SMILES string of the molecule is CC(NC1CCCC(c2ccc(C(=O)N3CCN(CCO)CC3)cc2)C1)c1cccc2ccccc12. The highest BCUT2D eigenvalue weighted by Gasteiger charge is 2.26. The van der Waals surface area contributed by atoms with Crippen LogP contribution >= 0.6 is 0 Å². The summed E-state index contributed by atoms with van der Waals surface area (Å²) in [4.78, 5) is 17.2. The van der Waals surface area contributed by atoms with Crippen LogP contribution in [0.3, 0.4) is 0 Å². The molecule has 0 radical (unpaired) electrons. The van der Waals surface area contributed by atoms with Crippen LogP contribution in [0.2, 0.25) is 0 Å². The molecule has 190 valence electrons. The summed E-state index contributed by atoms with van der Waals surface area (Å²) in [6, 6.07) is 24.4. The number of aliphatic hydroxyl groups excluding tert-OH is 1. The van der Waals surface area contributed by atoms with E-state index in [2.05, 4.69) is 71.7 Å². The van der Waals surface area contributed by atoms with Crippen molar-refractivity contribution in [2.45, 2.75) is 50.6 Å². The Morgan fingerprint density at radius 1 is 0.972 bits per heavy atom. The second-order valence-corrected chi connectivity index (χ2v) is 10.5. The largest absolute Gasteiger partial charge is 0.395 e. The number of carbonyl (C=O) groups excluding carboxylic acids is 1. The van der Waals surface area contributed by atoms with Gasteiger partial charge in [-0.15, -0.1) is 0 Å². The van der Waals surface area contributed by atoms with Crippen molar-refractivity contribution in [2.24, 2.45) is 0 Å².